The molecule has 7 heteroatoms. The highest BCUT2D eigenvalue weighted by Crippen LogP contribution is 2.33. The van der Waals surface area contributed by atoms with Gasteiger partial charge in [-0.25, -0.2) is 0 Å². The first kappa shape index (κ1) is 15.9. The molecule has 0 fully saturated rings. The molecule has 0 saturated heterocycles. The van der Waals surface area contributed by atoms with Gasteiger partial charge in [0.1, 0.15) is 0 Å². The van der Waals surface area contributed by atoms with E-state index in [1.807, 2.05) is 18.2 Å². The van der Waals surface area contributed by atoms with Gasteiger partial charge in [-0.15, -0.1) is 5.10 Å². The Labute approximate surface area is 157 Å². The number of hydrogen-bond donors (Lipinski definition) is 1. The van der Waals surface area contributed by atoms with Crippen LogP contribution in [0.15, 0.2) is 48.7 Å². The van der Waals surface area contributed by atoms with Crippen LogP contribution in [0.4, 0.5) is 17.5 Å². The standard InChI is InChI=1S/C20H19N5O2/c1-2-6-16-15(4-1)5-3-9-25(16)19-12-22-24-20(23-19)21-11-14-7-8-17-18(10-14)27-13-26-17/h1-2,4,6-8,10,12H,3,5,9,11,13H2,(H,21,23,24). The zero-order valence-electron chi connectivity index (χ0n) is 14.8. The summed E-state index contributed by atoms with van der Waals surface area (Å²) in [6, 6.07) is 14.3. The fourth-order valence-electron chi connectivity index (χ4n) is 3.50. The molecule has 2 aliphatic heterocycles. The van der Waals surface area contributed by atoms with Gasteiger partial charge in [-0.2, -0.15) is 10.1 Å². The van der Waals surface area contributed by atoms with Crippen LogP contribution in [0.3, 0.4) is 0 Å². The number of fused-ring (bicyclic) bond motifs is 2. The number of nitrogens with zero attached hydrogens (tertiary/aromatic N) is 4. The topological polar surface area (TPSA) is 72.4 Å². The zero-order chi connectivity index (χ0) is 18.1. The lowest BCUT2D eigenvalue weighted by molar-refractivity contribution is 0.174. The molecule has 5 rings (SSSR count). The fraction of sp³-hybridized carbons (Fsp3) is 0.250. The van der Waals surface area contributed by atoms with Gasteiger partial charge in [-0.05, 0) is 42.2 Å². The van der Waals surface area contributed by atoms with Crippen LogP contribution in [0.5, 0.6) is 11.5 Å². The highest BCUT2D eigenvalue weighted by molar-refractivity contribution is 5.65. The Morgan fingerprint density at radius 2 is 2.00 bits per heavy atom. The highest BCUT2D eigenvalue weighted by atomic mass is 16.7. The third-order valence-corrected chi connectivity index (χ3v) is 4.82. The Morgan fingerprint density at radius 3 is 3.00 bits per heavy atom. The molecule has 0 bridgehead atoms. The molecule has 2 aliphatic rings. The monoisotopic (exact) mass is 361 g/mol. The van der Waals surface area contributed by atoms with Crippen molar-refractivity contribution < 1.29 is 9.47 Å². The molecule has 0 amide bonds. The molecular weight excluding hydrogens is 342 g/mol. The van der Waals surface area contributed by atoms with Crippen molar-refractivity contribution in [3.05, 3.63) is 59.8 Å². The lowest BCUT2D eigenvalue weighted by Crippen LogP contribution is -2.25. The Balaban J connectivity index is 1.34. The van der Waals surface area contributed by atoms with Gasteiger partial charge < -0.3 is 19.7 Å². The second kappa shape index (κ2) is 6.75. The molecule has 2 aromatic carbocycles. The van der Waals surface area contributed by atoms with E-state index in [1.54, 1.807) is 6.20 Å². The third kappa shape index (κ3) is 3.12. The first-order valence-electron chi connectivity index (χ1n) is 9.04. The second-order valence-electron chi connectivity index (χ2n) is 6.56. The van der Waals surface area contributed by atoms with Gasteiger partial charge in [0.25, 0.3) is 0 Å². The molecule has 1 aromatic heterocycles. The van der Waals surface area contributed by atoms with Gasteiger partial charge in [0.15, 0.2) is 17.3 Å². The van der Waals surface area contributed by atoms with E-state index in [-0.39, 0.29) is 6.79 Å². The molecule has 0 atom stereocenters. The first-order valence-corrected chi connectivity index (χ1v) is 9.04. The molecule has 0 unspecified atom stereocenters. The summed E-state index contributed by atoms with van der Waals surface area (Å²) < 4.78 is 10.8. The maximum absolute atomic E-state index is 5.42. The van der Waals surface area contributed by atoms with E-state index in [9.17, 15) is 0 Å². The number of rotatable bonds is 4. The van der Waals surface area contributed by atoms with Crippen molar-refractivity contribution >= 4 is 17.5 Å². The molecule has 7 nitrogen and oxygen atoms in total. The van der Waals surface area contributed by atoms with Gasteiger partial charge in [0.2, 0.25) is 12.7 Å². The van der Waals surface area contributed by atoms with E-state index in [2.05, 4.69) is 49.7 Å². The first-order chi connectivity index (χ1) is 13.4. The van der Waals surface area contributed by atoms with Crippen LogP contribution in [-0.4, -0.2) is 28.5 Å². The summed E-state index contributed by atoms with van der Waals surface area (Å²) in [6.45, 7) is 1.79. The lowest BCUT2D eigenvalue weighted by atomic mass is 10.0. The van der Waals surface area contributed by atoms with Gasteiger partial charge in [-0.1, -0.05) is 24.3 Å². The Bertz CT molecular complexity index is 978. The highest BCUT2D eigenvalue weighted by Gasteiger charge is 2.19. The normalized spacial score (nSPS) is 14.7. The van der Waals surface area contributed by atoms with E-state index in [0.717, 1.165) is 42.3 Å². The summed E-state index contributed by atoms with van der Waals surface area (Å²) in [6.07, 6.45) is 3.91. The minimum Gasteiger partial charge on any atom is -0.454 e. The van der Waals surface area contributed by atoms with E-state index in [0.29, 0.717) is 12.5 Å². The van der Waals surface area contributed by atoms with Gasteiger partial charge in [-0.3, -0.25) is 0 Å². The molecular formula is C20H19N5O2. The molecule has 1 N–H and O–H groups in total. The number of aromatic nitrogens is 3. The smallest absolute Gasteiger partial charge is 0.244 e. The number of aryl methyl sites for hydroxylation is 1. The van der Waals surface area contributed by atoms with Crippen LogP contribution in [0.1, 0.15) is 17.5 Å². The molecule has 3 heterocycles. The number of benzene rings is 2. The van der Waals surface area contributed by atoms with Gasteiger partial charge >= 0.3 is 0 Å². The van der Waals surface area contributed by atoms with E-state index in [1.165, 1.54) is 11.3 Å². The average molecular weight is 361 g/mol. The molecule has 0 radical (unpaired) electrons. The SMILES string of the molecule is c1ccc2c(c1)CCCN2c1cnnc(NCc2ccc3c(c2)OCO3)n1. The van der Waals surface area contributed by atoms with Crippen LogP contribution in [0.25, 0.3) is 0 Å². The van der Waals surface area contributed by atoms with Gasteiger partial charge in [0, 0.05) is 18.8 Å². The van der Waals surface area contributed by atoms with Crippen molar-refractivity contribution in [1.82, 2.24) is 15.2 Å². The van der Waals surface area contributed by atoms with Crippen LogP contribution in [0.2, 0.25) is 0 Å². The summed E-state index contributed by atoms with van der Waals surface area (Å²) in [4.78, 5) is 6.88. The fourth-order valence-corrected chi connectivity index (χ4v) is 3.50. The molecule has 136 valence electrons. The van der Waals surface area contributed by atoms with Crippen LogP contribution in [0, 0.1) is 0 Å². The summed E-state index contributed by atoms with van der Waals surface area (Å²) in [5.41, 5.74) is 3.61. The third-order valence-electron chi connectivity index (χ3n) is 4.82. The van der Waals surface area contributed by atoms with Crippen LogP contribution >= 0.6 is 0 Å². The molecule has 0 aliphatic carbocycles. The summed E-state index contributed by atoms with van der Waals surface area (Å²) in [5, 5.41) is 11.5. The number of anilines is 3. The number of ether oxygens (including phenoxy) is 2. The van der Waals surface area contributed by atoms with Crippen molar-refractivity contribution in [2.45, 2.75) is 19.4 Å². The molecule has 0 saturated carbocycles. The largest absolute Gasteiger partial charge is 0.454 e. The predicted molar refractivity (Wildman–Crippen MR) is 101 cm³/mol. The minimum atomic E-state index is 0.276. The van der Waals surface area contributed by atoms with E-state index >= 15 is 0 Å². The Morgan fingerprint density at radius 1 is 1.07 bits per heavy atom. The van der Waals surface area contributed by atoms with Crippen molar-refractivity contribution in [3.63, 3.8) is 0 Å². The Kier molecular flexibility index (Phi) is 3.97. The number of nitrogens with one attached hydrogen (secondary N) is 1. The lowest BCUT2D eigenvalue weighted by Gasteiger charge is -2.30. The molecule has 27 heavy (non-hydrogen) atoms. The van der Waals surface area contributed by atoms with Crippen LogP contribution < -0.4 is 19.7 Å². The summed E-state index contributed by atoms with van der Waals surface area (Å²) in [7, 11) is 0. The van der Waals surface area contributed by atoms with Crippen molar-refractivity contribution in [2.75, 3.05) is 23.6 Å². The number of para-hydroxylation sites is 1. The maximum atomic E-state index is 5.42. The van der Waals surface area contributed by atoms with Crippen molar-refractivity contribution in [1.29, 1.82) is 0 Å². The van der Waals surface area contributed by atoms with E-state index < -0.39 is 0 Å². The second-order valence-corrected chi connectivity index (χ2v) is 6.56. The number of hydrogen-bond acceptors (Lipinski definition) is 7. The zero-order valence-corrected chi connectivity index (χ0v) is 14.8. The predicted octanol–water partition coefficient (Wildman–Crippen LogP) is 3.30. The minimum absolute atomic E-state index is 0.276. The Hall–Kier alpha value is -3.35. The van der Waals surface area contributed by atoms with Gasteiger partial charge in [0.05, 0.1) is 6.20 Å². The maximum Gasteiger partial charge on any atom is 0.244 e. The van der Waals surface area contributed by atoms with Crippen molar-refractivity contribution in [3.8, 4) is 11.5 Å². The summed E-state index contributed by atoms with van der Waals surface area (Å²) >= 11 is 0. The molecule has 0 spiro atoms. The average Bonchev–Trinajstić information content (AvgIpc) is 3.20. The molecule has 3 aromatic rings. The van der Waals surface area contributed by atoms with E-state index in [4.69, 9.17) is 9.47 Å². The quantitative estimate of drug-likeness (QED) is 0.764. The van der Waals surface area contributed by atoms with Crippen LogP contribution in [-0.2, 0) is 13.0 Å². The van der Waals surface area contributed by atoms with Crippen molar-refractivity contribution in [2.24, 2.45) is 0 Å². The summed E-state index contributed by atoms with van der Waals surface area (Å²) in [5.74, 6) is 2.87.